The fourth-order valence-corrected chi connectivity index (χ4v) is 2.41. The average Bonchev–Trinajstić information content (AvgIpc) is 2.61. The summed E-state index contributed by atoms with van der Waals surface area (Å²) in [4.78, 5) is 22.0. The van der Waals surface area contributed by atoms with Crippen LogP contribution in [0.25, 0.3) is 0 Å². The fourth-order valence-electron chi connectivity index (χ4n) is 2.41. The van der Waals surface area contributed by atoms with Gasteiger partial charge in [-0.2, -0.15) is 5.10 Å². The Balaban J connectivity index is 2.00. The van der Waals surface area contributed by atoms with Crippen LogP contribution in [0.5, 0.6) is 0 Å². The summed E-state index contributed by atoms with van der Waals surface area (Å²) in [5, 5.41) is 13.9. The monoisotopic (exact) mass is 224 g/mol. The van der Waals surface area contributed by atoms with Crippen molar-refractivity contribution in [2.45, 2.75) is 38.5 Å². The summed E-state index contributed by atoms with van der Waals surface area (Å²) >= 11 is 0. The number of carboxylic acid groups (broad SMARTS) is 1. The molecule has 0 unspecified atom stereocenters. The summed E-state index contributed by atoms with van der Waals surface area (Å²) < 4.78 is 0. The molecule has 0 aromatic carbocycles. The molecule has 2 rings (SSSR count). The van der Waals surface area contributed by atoms with Gasteiger partial charge in [0.2, 0.25) is 5.91 Å². The van der Waals surface area contributed by atoms with E-state index < -0.39 is 5.97 Å². The first-order valence-corrected chi connectivity index (χ1v) is 5.76. The van der Waals surface area contributed by atoms with Gasteiger partial charge in [0, 0.05) is 0 Å². The third-order valence-electron chi connectivity index (χ3n) is 3.23. The van der Waals surface area contributed by atoms with Gasteiger partial charge in [-0.1, -0.05) is 19.3 Å². The Hall–Kier alpha value is -1.39. The quantitative estimate of drug-likeness (QED) is 0.784. The van der Waals surface area contributed by atoms with Gasteiger partial charge < -0.3 is 5.11 Å². The van der Waals surface area contributed by atoms with Crippen molar-refractivity contribution in [1.29, 1.82) is 0 Å². The van der Waals surface area contributed by atoms with E-state index in [1.165, 1.54) is 19.3 Å². The van der Waals surface area contributed by atoms with E-state index >= 15 is 0 Å². The van der Waals surface area contributed by atoms with Gasteiger partial charge in [-0.05, 0) is 18.8 Å². The van der Waals surface area contributed by atoms with Crippen LogP contribution >= 0.6 is 0 Å². The van der Waals surface area contributed by atoms with Gasteiger partial charge in [0.05, 0.1) is 12.1 Å². The van der Waals surface area contributed by atoms with Crippen molar-refractivity contribution in [3.63, 3.8) is 0 Å². The lowest BCUT2D eigenvalue weighted by atomic mass is 9.85. The number of hydrogen-bond acceptors (Lipinski definition) is 3. The topological polar surface area (TPSA) is 70.0 Å². The standard InChI is InChI=1S/C11H16N2O3/c14-10-6-9(8-4-2-1-3-5-8)12-13(10)7-11(15)16/h8H,1-7H2,(H,15,16). The first kappa shape index (κ1) is 11.1. The molecule has 0 atom stereocenters. The van der Waals surface area contributed by atoms with E-state index in [4.69, 9.17) is 5.11 Å². The van der Waals surface area contributed by atoms with Crippen molar-refractivity contribution in [3.8, 4) is 0 Å². The van der Waals surface area contributed by atoms with Crippen LogP contribution in [0, 0.1) is 5.92 Å². The molecule has 0 aromatic heterocycles. The Morgan fingerprint density at radius 3 is 2.69 bits per heavy atom. The molecule has 2 aliphatic rings. The first-order valence-electron chi connectivity index (χ1n) is 5.76. The second-order valence-corrected chi connectivity index (χ2v) is 4.45. The molecule has 88 valence electrons. The molecule has 16 heavy (non-hydrogen) atoms. The smallest absolute Gasteiger partial charge is 0.325 e. The number of carbonyl (C=O) groups is 2. The van der Waals surface area contributed by atoms with Gasteiger partial charge >= 0.3 is 5.97 Å². The number of hydrogen-bond donors (Lipinski definition) is 1. The highest BCUT2D eigenvalue weighted by Crippen LogP contribution is 2.28. The average molecular weight is 224 g/mol. The van der Waals surface area contributed by atoms with Gasteiger partial charge in [0.15, 0.2) is 0 Å². The van der Waals surface area contributed by atoms with E-state index in [0.717, 1.165) is 23.6 Å². The number of hydrazone groups is 1. The number of amides is 1. The van der Waals surface area contributed by atoms with E-state index in [1.807, 2.05) is 0 Å². The highest BCUT2D eigenvalue weighted by atomic mass is 16.4. The number of aliphatic carboxylic acids is 1. The van der Waals surface area contributed by atoms with Crippen LogP contribution in [0.4, 0.5) is 0 Å². The van der Waals surface area contributed by atoms with Gasteiger partial charge in [0.1, 0.15) is 6.54 Å². The third-order valence-corrected chi connectivity index (χ3v) is 3.23. The molecule has 5 heteroatoms. The summed E-state index contributed by atoms with van der Waals surface area (Å²) in [6.07, 6.45) is 6.14. The highest BCUT2D eigenvalue weighted by molar-refractivity contribution is 6.06. The van der Waals surface area contributed by atoms with Crippen molar-refractivity contribution < 1.29 is 14.7 Å². The number of nitrogens with zero attached hydrogens (tertiary/aromatic N) is 2. The molecule has 0 saturated heterocycles. The van der Waals surface area contributed by atoms with Crippen molar-refractivity contribution in [2.75, 3.05) is 6.54 Å². The number of carboxylic acids is 1. The summed E-state index contributed by atoms with van der Waals surface area (Å²) in [5.41, 5.74) is 0.894. The Morgan fingerprint density at radius 1 is 1.38 bits per heavy atom. The predicted molar refractivity (Wildman–Crippen MR) is 58.0 cm³/mol. The number of rotatable bonds is 3. The molecule has 0 bridgehead atoms. The third kappa shape index (κ3) is 2.40. The van der Waals surface area contributed by atoms with Gasteiger partial charge in [-0.25, -0.2) is 5.01 Å². The Bertz CT molecular complexity index is 332. The van der Waals surface area contributed by atoms with E-state index in [0.29, 0.717) is 12.3 Å². The van der Waals surface area contributed by atoms with Crippen LogP contribution in [0.3, 0.4) is 0 Å². The highest BCUT2D eigenvalue weighted by Gasteiger charge is 2.30. The molecule has 1 saturated carbocycles. The van der Waals surface area contributed by atoms with Crippen LogP contribution in [-0.2, 0) is 9.59 Å². The molecule has 1 aliphatic heterocycles. The molecule has 0 spiro atoms. The van der Waals surface area contributed by atoms with Crippen LogP contribution in [0.1, 0.15) is 38.5 Å². The van der Waals surface area contributed by atoms with Crippen molar-refractivity contribution in [1.82, 2.24) is 5.01 Å². The summed E-state index contributed by atoms with van der Waals surface area (Å²) in [6, 6.07) is 0. The maximum absolute atomic E-state index is 11.5. The van der Waals surface area contributed by atoms with Gasteiger partial charge in [0.25, 0.3) is 0 Å². The van der Waals surface area contributed by atoms with Crippen molar-refractivity contribution in [2.24, 2.45) is 11.0 Å². The molecule has 1 aliphatic carbocycles. The molecule has 1 amide bonds. The van der Waals surface area contributed by atoms with E-state index in [9.17, 15) is 9.59 Å². The molecular formula is C11H16N2O3. The van der Waals surface area contributed by atoms with Crippen LogP contribution < -0.4 is 0 Å². The van der Waals surface area contributed by atoms with Gasteiger partial charge in [-0.15, -0.1) is 0 Å². The largest absolute Gasteiger partial charge is 0.480 e. The normalized spacial score (nSPS) is 22.4. The second kappa shape index (κ2) is 4.63. The maximum atomic E-state index is 11.5. The lowest BCUT2D eigenvalue weighted by Crippen LogP contribution is -2.27. The molecule has 0 aromatic rings. The van der Waals surface area contributed by atoms with E-state index in [-0.39, 0.29) is 12.5 Å². The Labute approximate surface area is 94.1 Å². The minimum Gasteiger partial charge on any atom is -0.480 e. The van der Waals surface area contributed by atoms with E-state index in [2.05, 4.69) is 5.10 Å². The fraction of sp³-hybridized carbons (Fsp3) is 0.727. The van der Waals surface area contributed by atoms with Crippen LogP contribution in [0.15, 0.2) is 5.10 Å². The zero-order chi connectivity index (χ0) is 11.5. The predicted octanol–water partition coefficient (Wildman–Crippen LogP) is 1.24. The summed E-state index contributed by atoms with van der Waals surface area (Å²) in [7, 11) is 0. The zero-order valence-corrected chi connectivity index (χ0v) is 9.19. The second-order valence-electron chi connectivity index (χ2n) is 4.45. The SMILES string of the molecule is O=C(O)CN1N=C(C2CCCCC2)CC1=O. The molecule has 5 nitrogen and oxygen atoms in total. The van der Waals surface area contributed by atoms with E-state index in [1.54, 1.807) is 0 Å². The zero-order valence-electron chi connectivity index (χ0n) is 9.19. The van der Waals surface area contributed by atoms with Gasteiger partial charge in [-0.3, -0.25) is 9.59 Å². The Kier molecular flexibility index (Phi) is 3.22. The molecule has 1 heterocycles. The molecule has 1 fully saturated rings. The van der Waals surface area contributed by atoms with Crippen LogP contribution in [-0.4, -0.2) is 34.2 Å². The molecular weight excluding hydrogens is 208 g/mol. The summed E-state index contributed by atoms with van der Waals surface area (Å²) in [5.74, 6) is -0.790. The molecule has 1 N–H and O–H groups in total. The minimum absolute atomic E-state index is 0.178. The first-order chi connectivity index (χ1) is 7.66. The molecule has 0 radical (unpaired) electrons. The number of carbonyl (C=O) groups excluding carboxylic acids is 1. The van der Waals surface area contributed by atoms with Crippen LogP contribution in [0.2, 0.25) is 0 Å². The Morgan fingerprint density at radius 2 is 2.06 bits per heavy atom. The lowest BCUT2D eigenvalue weighted by molar-refractivity contribution is -0.143. The minimum atomic E-state index is -1.01. The maximum Gasteiger partial charge on any atom is 0.325 e. The summed E-state index contributed by atoms with van der Waals surface area (Å²) in [6.45, 7) is -0.310. The van der Waals surface area contributed by atoms with Crippen molar-refractivity contribution in [3.05, 3.63) is 0 Å². The van der Waals surface area contributed by atoms with Crippen molar-refractivity contribution >= 4 is 17.6 Å². The lowest BCUT2D eigenvalue weighted by Gasteiger charge is -2.20.